The molecule has 1 unspecified atom stereocenters. The van der Waals surface area contributed by atoms with Crippen LogP contribution in [0.1, 0.15) is 82.4 Å². The number of aromatic nitrogens is 2. The van der Waals surface area contributed by atoms with Crippen molar-refractivity contribution in [2.75, 3.05) is 33.3 Å². The van der Waals surface area contributed by atoms with Crippen LogP contribution in [-0.4, -0.2) is 86.7 Å². The molecule has 256 valence electrons. The van der Waals surface area contributed by atoms with Gasteiger partial charge >= 0.3 is 11.8 Å². The first-order chi connectivity index (χ1) is 22.8. The molecule has 3 amide bonds. The van der Waals surface area contributed by atoms with Crippen molar-refractivity contribution in [2.24, 2.45) is 12.5 Å². The molecule has 1 aliphatic carbocycles. The summed E-state index contributed by atoms with van der Waals surface area (Å²) in [5.41, 5.74) is 3.14. The van der Waals surface area contributed by atoms with Crippen LogP contribution in [0.25, 0.3) is 11.0 Å². The summed E-state index contributed by atoms with van der Waals surface area (Å²) in [6.07, 6.45) is 4.69. The summed E-state index contributed by atoms with van der Waals surface area (Å²) in [6.45, 7) is 9.55. The molecule has 48 heavy (non-hydrogen) atoms. The number of nitrogens with zero attached hydrogens (tertiary/aromatic N) is 5. The Hall–Kier alpha value is -4.12. The topological polar surface area (TPSA) is 106 Å². The van der Waals surface area contributed by atoms with E-state index in [2.05, 4.69) is 17.0 Å². The van der Waals surface area contributed by atoms with Gasteiger partial charge in [-0.05, 0) is 107 Å². The number of rotatable bonds is 6. The summed E-state index contributed by atoms with van der Waals surface area (Å²) in [5.74, 6) is 0.542. The van der Waals surface area contributed by atoms with Gasteiger partial charge in [-0.1, -0.05) is 18.2 Å². The standard InChI is InChI=1S/C37H47N5O6/c1-36(2,3)48-35(46)40-22-37(23-40)19-27(20-37)39-16-14-25(15-17-39)26-8-11-29-31(18-26)38(4)34(45)42(29)30-12-13-32(43)41(33(30)44)21-24-6-9-28(47-5)10-7-24/h6-11,18,25,27,30H,12-17,19-23H2,1-5H3. The van der Waals surface area contributed by atoms with Gasteiger partial charge in [-0.15, -0.1) is 0 Å². The van der Waals surface area contributed by atoms with Crippen molar-refractivity contribution in [2.45, 2.75) is 89.4 Å². The number of ether oxygens (including phenoxy) is 2. The lowest BCUT2D eigenvalue weighted by molar-refractivity contribution is -0.151. The molecule has 11 nitrogen and oxygen atoms in total. The van der Waals surface area contributed by atoms with Crippen LogP contribution in [0.4, 0.5) is 4.79 Å². The Labute approximate surface area is 281 Å². The lowest BCUT2D eigenvalue weighted by atomic mass is 9.60. The Morgan fingerprint density at radius 2 is 1.62 bits per heavy atom. The monoisotopic (exact) mass is 657 g/mol. The smallest absolute Gasteiger partial charge is 0.410 e. The lowest BCUT2D eigenvalue weighted by Gasteiger charge is -2.61. The molecule has 4 heterocycles. The number of hydrogen-bond acceptors (Lipinski definition) is 7. The second-order valence-electron chi connectivity index (χ2n) is 15.4. The molecule has 3 aromatic rings. The minimum Gasteiger partial charge on any atom is -0.497 e. The summed E-state index contributed by atoms with van der Waals surface area (Å²) in [5, 5.41) is 0. The maximum atomic E-state index is 13.7. The fourth-order valence-corrected chi connectivity index (χ4v) is 8.35. The van der Waals surface area contributed by atoms with Gasteiger partial charge < -0.3 is 19.3 Å². The Morgan fingerprint density at radius 3 is 2.27 bits per heavy atom. The molecule has 11 heteroatoms. The third-order valence-corrected chi connectivity index (χ3v) is 11.0. The van der Waals surface area contributed by atoms with Gasteiger partial charge in [-0.25, -0.2) is 9.59 Å². The SMILES string of the molecule is COc1ccc(CN2C(=O)CCC(n3c(=O)n(C)c4cc(C5CCN(C6CC7(C6)CN(C(=O)OC(C)(C)C)C7)CC5)ccc43)C2=O)cc1. The van der Waals surface area contributed by atoms with Gasteiger partial charge in [0.2, 0.25) is 5.91 Å². The largest absolute Gasteiger partial charge is 0.497 e. The molecule has 2 aromatic carbocycles. The van der Waals surface area contributed by atoms with Gasteiger partial charge in [-0.2, -0.15) is 0 Å². The fraction of sp³-hybridized carbons (Fsp3) is 0.568. The second-order valence-corrected chi connectivity index (χ2v) is 15.4. The number of hydrogen-bond donors (Lipinski definition) is 0. The highest BCUT2D eigenvalue weighted by Gasteiger charge is 2.55. The van der Waals surface area contributed by atoms with E-state index in [-0.39, 0.29) is 42.0 Å². The molecule has 1 saturated carbocycles. The summed E-state index contributed by atoms with van der Waals surface area (Å²) < 4.78 is 14.0. The molecule has 4 fully saturated rings. The maximum absolute atomic E-state index is 13.7. The maximum Gasteiger partial charge on any atom is 0.410 e. The molecule has 1 spiro atoms. The van der Waals surface area contributed by atoms with E-state index >= 15 is 0 Å². The molecule has 0 radical (unpaired) electrons. The molecule has 3 saturated heterocycles. The van der Waals surface area contributed by atoms with Crippen molar-refractivity contribution in [1.29, 1.82) is 0 Å². The average molecular weight is 658 g/mol. The summed E-state index contributed by atoms with van der Waals surface area (Å²) in [7, 11) is 3.35. The van der Waals surface area contributed by atoms with Crippen LogP contribution in [0.3, 0.4) is 0 Å². The molecule has 7 rings (SSSR count). The third kappa shape index (κ3) is 5.90. The van der Waals surface area contributed by atoms with Crippen molar-refractivity contribution in [3.05, 3.63) is 64.1 Å². The van der Waals surface area contributed by atoms with Gasteiger partial charge in [0.1, 0.15) is 17.4 Å². The van der Waals surface area contributed by atoms with Gasteiger partial charge in [0.15, 0.2) is 0 Å². The van der Waals surface area contributed by atoms with Gasteiger partial charge in [0.25, 0.3) is 5.91 Å². The van der Waals surface area contributed by atoms with Crippen molar-refractivity contribution in [1.82, 2.24) is 23.8 Å². The van der Waals surface area contributed by atoms with Crippen molar-refractivity contribution < 1.29 is 23.9 Å². The Morgan fingerprint density at radius 1 is 0.938 bits per heavy atom. The first kappa shape index (κ1) is 32.4. The zero-order valence-electron chi connectivity index (χ0n) is 28.7. The zero-order valence-corrected chi connectivity index (χ0v) is 28.7. The number of aryl methyl sites for hydroxylation is 1. The zero-order chi connectivity index (χ0) is 34.0. The summed E-state index contributed by atoms with van der Waals surface area (Å²) in [4.78, 5) is 58.4. The van der Waals surface area contributed by atoms with Crippen LogP contribution in [0, 0.1) is 5.41 Å². The average Bonchev–Trinajstić information content (AvgIpc) is 3.26. The highest BCUT2D eigenvalue weighted by molar-refractivity contribution is 6.00. The van der Waals surface area contributed by atoms with Crippen LogP contribution in [0.5, 0.6) is 5.75 Å². The first-order valence-electron chi connectivity index (χ1n) is 17.2. The molecular formula is C37H47N5O6. The number of fused-ring (bicyclic) bond motifs is 1. The number of imidazole rings is 1. The second kappa shape index (κ2) is 12.1. The highest BCUT2D eigenvalue weighted by Crippen LogP contribution is 2.51. The van der Waals surface area contributed by atoms with E-state index in [9.17, 15) is 19.2 Å². The van der Waals surface area contributed by atoms with E-state index in [0.717, 1.165) is 68.5 Å². The number of imide groups is 1. The number of methoxy groups -OCH3 is 1. The van der Waals surface area contributed by atoms with Gasteiger partial charge in [0, 0.05) is 38.0 Å². The fourth-order valence-electron chi connectivity index (χ4n) is 8.35. The Kier molecular flexibility index (Phi) is 8.17. The van der Waals surface area contributed by atoms with Crippen molar-refractivity contribution in [3.8, 4) is 5.75 Å². The molecule has 4 aliphatic rings. The normalized spacial score (nSPS) is 22.2. The van der Waals surface area contributed by atoms with Crippen LogP contribution >= 0.6 is 0 Å². The van der Waals surface area contributed by atoms with E-state index in [1.807, 2.05) is 56.0 Å². The third-order valence-electron chi connectivity index (χ3n) is 11.0. The Balaban J connectivity index is 0.986. The lowest BCUT2D eigenvalue weighted by Crippen LogP contribution is -2.68. The molecule has 1 aromatic heterocycles. The highest BCUT2D eigenvalue weighted by atomic mass is 16.6. The number of amides is 3. The van der Waals surface area contributed by atoms with Crippen LogP contribution in [-0.2, 0) is 27.9 Å². The number of carbonyl (C=O) groups is 3. The van der Waals surface area contributed by atoms with E-state index in [1.165, 1.54) is 10.5 Å². The van der Waals surface area contributed by atoms with Gasteiger partial charge in [0.05, 0.1) is 24.7 Å². The van der Waals surface area contributed by atoms with Gasteiger partial charge in [-0.3, -0.25) is 23.6 Å². The molecule has 0 bridgehead atoms. The number of piperidine rings is 2. The number of carbonyl (C=O) groups excluding carboxylic acids is 3. The minimum atomic E-state index is -0.733. The van der Waals surface area contributed by atoms with E-state index in [1.54, 1.807) is 23.3 Å². The summed E-state index contributed by atoms with van der Waals surface area (Å²) >= 11 is 0. The van der Waals surface area contributed by atoms with Crippen LogP contribution in [0.2, 0.25) is 0 Å². The Bertz CT molecular complexity index is 1780. The predicted octanol–water partition coefficient (Wildman–Crippen LogP) is 4.82. The van der Waals surface area contributed by atoms with E-state index < -0.39 is 11.6 Å². The number of likely N-dealkylation sites (tertiary alicyclic amines) is 3. The quantitative estimate of drug-likeness (QED) is 0.350. The summed E-state index contributed by atoms with van der Waals surface area (Å²) in [6, 6.07) is 13.4. The van der Waals surface area contributed by atoms with E-state index in [4.69, 9.17) is 9.47 Å². The number of benzene rings is 2. The first-order valence-corrected chi connectivity index (χ1v) is 17.2. The molecule has 0 N–H and O–H groups in total. The van der Waals surface area contributed by atoms with Crippen LogP contribution in [0.15, 0.2) is 47.3 Å². The van der Waals surface area contributed by atoms with Crippen LogP contribution < -0.4 is 10.4 Å². The minimum absolute atomic E-state index is 0.160. The van der Waals surface area contributed by atoms with Crippen molar-refractivity contribution in [3.63, 3.8) is 0 Å². The predicted molar refractivity (Wildman–Crippen MR) is 181 cm³/mol. The van der Waals surface area contributed by atoms with E-state index in [0.29, 0.717) is 24.1 Å². The molecular weight excluding hydrogens is 610 g/mol. The molecule has 1 atom stereocenters. The van der Waals surface area contributed by atoms with Crippen molar-refractivity contribution >= 4 is 28.9 Å². The molecule has 3 aliphatic heterocycles.